The molecule has 2 heterocycles. The van der Waals surface area contributed by atoms with Crippen molar-refractivity contribution in [3.05, 3.63) is 41.3 Å². The van der Waals surface area contributed by atoms with Crippen molar-refractivity contribution in [1.82, 2.24) is 10.6 Å². The molecular weight excluding hydrogens is 376 g/mol. The van der Waals surface area contributed by atoms with Crippen LogP contribution in [0.3, 0.4) is 0 Å². The van der Waals surface area contributed by atoms with Gasteiger partial charge < -0.3 is 20.1 Å². The summed E-state index contributed by atoms with van der Waals surface area (Å²) in [6, 6.07) is 7.90. The molecule has 2 aromatic rings. The molecule has 1 aliphatic heterocycles. The van der Waals surface area contributed by atoms with Gasteiger partial charge in [-0.15, -0.1) is 11.3 Å². The maximum atomic E-state index is 13.1. The van der Waals surface area contributed by atoms with Gasteiger partial charge in [-0.2, -0.15) is 0 Å². The minimum atomic E-state index is -3.66. The van der Waals surface area contributed by atoms with Gasteiger partial charge in [-0.25, -0.2) is 13.2 Å². The zero-order chi connectivity index (χ0) is 18.6. The van der Waals surface area contributed by atoms with Crippen LogP contribution in [0.4, 0.5) is 4.79 Å². The van der Waals surface area contributed by atoms with E-state index in [0.29, 0.717) is 23.6 Å². The average molecular weight is 396 g/mol. The number of nitrogens with one attached hydrogen (secondary N) is 2. The van der Waals surface area contributed by atoms with Crippen molar-refractivity contribution in [2.24, 2.45) is 0 Å². The minimum Gasteiger partial charge on any atom is -0.454 e. The molecule has 1 aliphatic rings. The van der Waals surface area contributed by atoms with E-state index < -0.39 is 15.1 Å². The molecule has 2 N–H and O–H groups in total. The Kier molecular flexibility index (Phi) is 5.67. The maximum absolute atomic E-state index is 13.1. The predicted molar refractivity (Wildman–Crippen MR) is 98.5 cm³/mol. The van der Waals surface area contributed by atoms with Crippen LogP contribution in [0.1, 0.15) is 24.2 Å². The Bertz CT molecular complexity index is 865. The van der Waals surface area contributed by atoms with Crippen LogP contribution in [-0.2, 0) is 9.84 Å². The smallest absolute Gasteiger partial charge is 0.314 e. The molecule has 26 heavy (non-hydrogen) atoms. The maximum Gasteiger partial charge on any atom is 0.314 e. The fraction of sp³-hybridized carbons (Fsp3) is 0.353. The molecule has 3 rings (SSSR count). The molecule has 7 nitrogen and oxygen atoms in total. The number of rotatable bonds is 7. The number of urea groups is 1. The molecular formula is C17H20N2O5S2. The average Bonchev–Trinajstić information content (AvgIpc) is 3.31. The number of hydrogen-bond donors (Lipinski definition) is 2. The summed E-state index contributed by atoms with van der Waals surface area (Å²) in [5, 5.41) is 6.12. The molecule has 1 atom stereocenters. The molecule has 1 aromatic heterocycles. The van der Waals surface area contributed by atoms with Gasteiger partial charge in [-0.1, -0.05) is 19.1 Å². The fourth-order valence-corrected chi connectivity index (χ4v) is 5.43. The molecule has 140 valence electrons. The van der Waals surface area contributed by atoms with Crippen LogP contribution in [0.2, 0.25) is 0 Å². The quantitative estimate of drug-likeness (QED) is 0.751. The minimum absolute atomic E-state index is 0.0462. The van der Waals surface area contributed by atoms with Gasteiger partial charge in [0.25, 0.3) is 0 Å². The van der Waals surface area contributed by atoms with Crippen molar-refractivity contribution in [3.63, 3.8) is 0 Å². The van der Waals surface area contributed by atoms with Gasteiger partial charge in [-0.05, 0) is 35.6 Å². The van der Waals surface area contributed by atoms with E-state index in [9.17, 15) is 13.2 Å². The molecule has 0 radical (unpaired) electrons. The summed E-state index contributed by atoms with van der Waals surface area (Å²) in [7, 11) is -3.66. The van der Waals surface area contributed by atoms with Crippen LogP contribution >= 0.6 is 11.3 Å². The van der Waals surface area contributed by atoms with Crippen molar-refractivity contribution in [2.75, 3.05) is 19.9 Å². The highest BCUT2D eigenvalue weighted by molar-refractivity contribution is 7.93. The summed E-state index contributed by atoms with van der Waals surface area (Å²) in [5.41, 5.74) is 0.540. The lowest BCUT2D eigenvalue weighted by Crippen LogP contribution is -2.39. The molecule has 0 saturated carbocycles. The summed E-state index contributed by atoms with van der Waals surface area (Å²) >= 11 is 1.15. The van der Waals surface area contributed by atoms with Gasteiger partial charge >= 0.3 is 6.03 Å². The first kappa shape index (κ1) is 18.5. The number of fused-ring (bicyclic) bond motifs is 1. The predicted octanol–water partition coefficient (Wildman–Crippen LogP) is 2.70. The van der Waals surface area contributed by atoms with Crippen LogP contribution in [0.15, 0.2) is 39.9 Å². The lowest BCUT2D eigenvalue weighted by Gasteiger charge is -2.18. The molecule has 0 spiro atoms. The van der Waals surface area contributed by atoms with E-state index in [1.165, 1.54) is 0 Å². The molecule has 2 amide bonds. The molecule has 0 aliphatic carbocycles. The van der Waals surface area contributed by atoms with E-state index in [0.717, 1.165) is 17.8 Å². The Labute approximate surface area is 156 Å². The van der Waals surface area contributed by atoms with E-state index in [1.54, 1.807) is 35.7 Å². The number of ether oxygens (including phenoxy) is 2. The SMILES string of the molecule is CCCNC(=O)NC[C@@H](c1ccc2c(c1)OCO2)S(=O)(=O)c1cccs1. The van der Waals surface area contributed by atoms with Crippen molar-refractivity contribution >= 4 is 27.2 Å². The summed E-state index contributed by atoms with van der Waals surface area (Å²) < 4.78 is 37.1. The highest BCUT2D eigenvalue weighted by Gasteiger charge is 2.31. The lowest BCUT2D eigenvalue weighted by atomic mass is 10.1. The summed E-state index contributed by atoms with van der Waals surface area (Å²) in [5.74, 6) is 1.08. The third kappa shape index (κ3) is 3.94. The highest BCUT2D eigenvalue weighted by atomic mass is 32.2. The Balaban J connectivity index is 1.88. The number of thiophene rings is 1. The van der Waals surface area contributed by atoms with Crippen LogP contribution in [0.5, 0.6) is 11.5 Å². The van der Waals surface area contributed by atoms with Gasteiger partial charge in [0.2, 0.25) is 6.79 Å². The Morgan fingerprint density at radius 2 is 2.04 bits per heavy atom. The van der Waals surface area contributed by atoms with Crippen molar-refractivity contribution < 1.29 is 22.7 Å². The second kappa shape index (κ2) is 7.96. The van der Waals surface area contributed by atoms with Gasteiger partial charge in [0.15, 0.2) is 21.3 Å². The fourth-order valence-electron chi connectivity index (χ4n) is 2.57. The molecule has 0 unspecified atom stereocenters. The van der Waals surface area contributed by atoms with Crippen LogP contribution in [0, 0.1) is 0 Å². The third-order valence-corrected chi connectivity index (χ3v) is 7.43. The molecule has 1 aromatic carbocycles. The lowest BCUT2D eigenvalue weighted by molar-refractivity contribution is 0.174. The number of carbonyl (C=O) groups is 1. The largest absolute Gasteiger partial charge is 0.454 e. The number of sulfone groups is 1. The first-order chi connectivity index (χ1) is 12.5. The zero-order valence-corrected chi connectivity index (χ0v) is 15.9. The Morgan fingerprint density at radius 1 is 1.23 bits per heavy atom. The number of amides is 2. The molecule has 9 heteroatoms. The Morgan fingerprint density at radius 3 is 2.77 bits per heavy atom. The van der Waals surface area contributed by atoms with Crippen LogP contribution in [-0.4, -0.2) is 34.3 Å². The monoisotopic (exact) mass is 396 g/mol. The number of hydrogen-bond acceptors (Lipinski definition) is 6. The van der Waals surface area contributed by atoms with E-state index in [-0.39, 0.29) is 23.6 Å². The van der Waals surface area contributed by atoms with E-state index in [4.69, 9.17) is 9.47 Å². The van der Waals surface area contributed by atoms with Crippen LogP contribution in [0.25, 0.3) is 0 Å². The standard InChI is InChI=1S/C17H20N2O5S2/c1-2-7-18-17(20)19-10-15(26(21,22)16-4-3-8-25-16)12-5-6-13-14(9-12)24-11-23-13/h3-6,8-9,15H,2,7,10-11H2,1H3,(H2,18,19,20)/t15-/m0/s1. The van der Waals surface area contributed by atoms with Gasteiger partial charge in [-0.3, -0.25) is 0 Å². The summed E-state index contributed by atoms with van der Waals surface area (Å²) in [4.78, 5) is 11.9. The van der Waals surface area contributed by atoms with Crippen molar-refractivity contribution in [2.45, 2.75) is 22.8 Å². The highest BCUT2D eigenvalue weighted by Crippen LogP contribution is 2.38. The van der Waals surface area contributed by atoms with E-state index in [2.05, 4.69) is 10.6 Å². The second-order valence-corrected chi connectivity index (χ2v) is 9.02. The van der Waals surface area contributed by atoms with Gasteiger partial charge in [0.1, 0.15) is 9.46 Å². The number of carbonyl (C=O) groups excluding carboxylic acids is 1. The third-order valence-electron chi connectivity index (χ3n) is 3.90. The van der Waals surface area contributed by atoms with E-state index in [1.807, 2.05) is 6.92 Å². The zero-order valence-electron chi connectivity index (χ0n) is 14.2. The number of benzene rings is 1. The second-order valence-electron chi connectivity index (χ2n) is 5.72. The molecule has 0 saturated heterocycles. The van der Waals surface area contributed by atoms with Gasteiger partial charge in [0, 0.05) is 13.1 Å². The van der Waals surface area contributed by atoms with Crippen molar-refractivity contribution in [3.8, 4) is 11.5 Å². The van der Waals surface area contributed by atoms with E-state index >= 15 is 0 Å². The normalized spacial score (nSPS) is 14.0. The molecule has 0 fully saturated rings. The van der Waals surface area contributed by atoms with Crippen LogP contribution < -0.4 is 20.1 Å². The van der Waals surface area contributed by atoms with Crippen molar-refractivity contribution in [1.29, 1.82) is 0 Å². The summed E-state index contributed by atoms with van der Waals surface area (Å²) in [6.45, 7) is 2.53. The topological polar surface area (TPSA) is 93.7 Å². The van der Waals surface area contributed by atoms with Gasteiger partial charge in [0.05, 0.1) is 0 Å². The summed E-state index contributed by atoms with van der Waals surface area (Å²) in [6.07, 6.45) is 0.798. The first-order valence-corrected chi connectivity index (χ1v) is 10.6. The molecule has 0 bridgehead atoms. The first-order valence-electron chi connectivity index (χ1n) is 8.21. The Hall–Kier alpha value is -2.26.